The summed E-state index contributed by atoms with van der Waals surface area (Å²) >= 11 is 1.74. The van der Waals surface area contributed by atoms with Gasteiger partial charge in [0, 0.05) is 32.7 Å². The Kier molecular flexibility index (Phi) is 5.66. The molecule has 0 bridgehead atoms. The van der Waals surface area contributed by atoms with Gasteiger partial charge < -0.3 is 4.90 Å². The fourth-order valence-electron chi connectivity index (χ4n) is 3.53. The van der Waals surface area contributed by atoms with Crippen molar-refractivity contribution in [1.82, 2.24) is 9.80 Å². The number of thiophene rings is 1. The molecule has 0 unspecified atom stereocenters. The molecule has 0 radical (unpaired) electrons. The maximum atomic E-state index is 12.7. The van der Waals surface area contributed by atoms with Crippen LogP contribution in [0, 0.1) is 0 Å². The first-order chi connectivity index (χ1) is 13.3. The maximum absolute atomic E-state index is 12.7. The van der Waals surface area contributed by atoms with Gasteiger partial charge in [0.15, 0.2) is 0 Å². The number of nitrogens with zero attached hydrogens (tertiary/aromatic N) is 2. The minimum absolute atomic E-state index is 0.234. The van der Waals surface area contributed by atoms with Crippen molar-refractivity contribution in [2.24, 2.45) is 0 Å². The third-order valence-electron chi connectivity index (χ3n) is 5.13. The molecule has 3 aromatic rings. The lowest BCUT2D eigenvalue weighted by Crippen LogP contribution is -2.48. The quantitative estimate of drug-likeness (QED) is 0.663. The van der Waals surface area contributed by atoms with Crippen molar-refractivity contribution in [1.29, 1.82) is 0 Å². The summed E-state index contributed by atoms with van der Waals surface area (Å²) in [6.45, 7) is 4.55. The number of carbonyl (C=O) groups is 1. The molecule has 1 amide bonds. The van der Waals surface area contributed by atoms with Crippen LogP contribution >= 0.6 is 11.3 Å². The number of hydrogen-bond donors (Lipinski definition) is 0. The molecule has 0 atom stereocenters. The van der Waals surface area contributed by atoms with E-state index in [4.69, 9.17) is 0 Å². The van der Waals surface area contributed by atoms with Gasteiger partial charge in [0.05, 0.1) is 6.42 Å². The van der Waals surface area contributed by atoms with Crippen LogP contribution in [0.4, 0.5) is 0 Å². The van der Waals surface area contributed by atoms with Crippen molar-refractivity contribution in [2.75, 3.05) is 26.2 Å². The highest BCUT2D eigenvalue weighted by atomic mass is 32.1. The van der Waals surface area contributed by atoms with Crippen LogP contribution in [0.5, 0.6) is 0 Å². The summed E-state index contributed by atoms with van der Waals surface area (Å²) in [5.74, 6) is 0.234. The molecule has 27 heavy (non-hydrogen) atoms. The lowest BCUT2D eigenvalue weighted by atomic mass is 10.0. The largest absolute Gasteiger partial charge is 0.340 e. The number of benzene rings is 2. The Bertz CT molecular complexity index is 851. The topological polar surface area (TPSA) is 23.6 Å². The van der Waals surface area contributed by atoms with E-state index in [1.165, 1.54) is 16.7 Å². The SMILES string of the molecule is O=C(Cc1ccc(-c2ccccc2)cc1)N1CCN(Cc2ccsc2)CC1. The van der Waals surface area contributed by atoms with E-state index in [1.807, 2.05) is 23.1 Å². The van der Waals surface area contributed by atoms with Crippen molar-refractivity contribution >= 4 is 17.2 Å². The standard InChI is InChI=1S/C23H24N2OS/c26-23(25-13-11-24(12-14-25)17-20-10-15-27-18-20)16-19-6-8-22(9-7-19)21-4-2-1-3-5-21/h1-10,15,18H,11-14,16-17H2. The van der Waals surface area contributed by atoms with Crippen molar-refractivity contribution in [2.45, 2.75) is 13.0 Å². The third kappa shape index (κ3) is 4.65. The molecule has 3 nitrogen and oxygen atoms in total. The van der Waals surface area contributed by atoms with E-state index in [1.54, 1.807) is 11.3 Å². The summed E-state index contributed by atoms with van der Waals surface area (Å²) in [6, 6.07) is 20.9. The zero-order valence-corrected chi connectivity index (χ0v) is 16.2. The number of rotatable bonds is 5. The highest BCUT2D eigenvalue weighted by Gasteiger charge is 2.21. The van der Waals surface area contributed by atoms with Crippen LogP contribution in [0.2, 0.25) is 0 Å². The summed E-state index contributed by atoms with van der Waals surface area (Å²) in [5, 5.41) is 4.33. The van der Waals surface area contributed by atoms with Gasteiger partial charge in [0.25, 0.3) is 0 Å². The van der Waals surface area contributed by atoms with Gasteiger partial charge in [-0.25, -0.2) is 0 Å². The molecule has 1 aliphatic heterocycles. The van der Waals surface area contributed by atoms with E-state index in [9.17, 15) is 4.79 Å². The fourth-order valence-corrected chi connectivity index (χ4v) is 4.19. The van der Waals surface area contributed by atoms with Crippen molar-refractivity contribution in [3.63, 3.8) is 0 Å². The molecule has 1 fully saturated rings. The van der Waals surface area contributed by atoms with E-state index in [2.05, 4.69) is 58.1 Å². The zero-order chi connectivity index (χ0) is 18.5. The van der Waals surface area contributed by atoms with Gasteiger partial charge >= 0.3 is 0 Å². The summed E-state index contributed by atoms with van der Waals surface area (Å²) in [4.78, 5) is 17.1. The van der Waals surface area contributed by atoms with E-state index < -0.39 is 0 Å². The second kappa shape index (κ2) is 8.51. The molecular formula is C23H24N2OS. The highest BCUT2D eigenvalue weighted by molar-refractivity contribution is 7.07. The second-order valence-corrected chi connectivity index (χ2v) is 7.81. The van der Waals surface area contributed by atoms with Crippen molar-refractivity contribution in [3.05, 3.63) is 82.6 Å². The smallest absolute Gasteiger partial charge is 0.227 e. The van der Waals surface area contributed by atoms with E-state index in [0.29, 0.717) is 6.42 Å². The molecule has 1 aliphatic rings. The van der Waals surface area contributed by atoms with Crippen LogP contribution in [-0.4, -0.2) is 41.9 Å². The molecule has 2 aromatic carbocycles. The lowest BCUT2D eigenvalue weighted by Gasteiger charge is -2.34. The first-order valence-corrected chi connectivity index (χ1v) is 10.4. The van der Waals surface area contributed by atoms with E-state index in [0.717, 1.165) is 38.3 Å². The van der Waals surface area contributed by atoms with Crippen LogP contribution in [0.3, 0.4) is 0 Å². The minimum Gasteiger partial charge on any atom is -0.340 e. The average molecular weight is 377 g/mol. The van der Waals surface area contributed by atoms with Gasteiger partial charge in [-0.05, 0) is 39.1 Å². The second-order valence-electron chi connectivity index (χ2n) is 7.03. The molecule has 0 saturated carbocycles. The van der Waals surface area contributed by atoms with Gasteiger partial charge in [-0.2, -0.15) is 11.3 Å². The maximum Gasteiger partial charge on any atom is 0.227 e. The number of carbonyl (C=O) groups excluding carboxylic acids is 1. The summed E-state index contributed by atoms with van der Waals surface area (Å²) in [6.07, 6.45) is 0.486. The molecule has 1 aromatic heterocycles. The monoisotopic (exact) mass is 376 g/mol. The van der Waals surface area contributed by atoms with Gasteiger partial charge in [0.2, 0.25) is 5.91 Å². The van der Waals surface area contributed by atoms with Crippen LogP contribution in [0.25, 0.3) is 11.1 Å². The summed E-state index contributed by atoms with van der Waals surface area (Å²) in [5.41, 5.74) is 4.85. The predicted octanol–water partition coefficient (Wildman–Crippen LogP) is 4.30. The minimum atomic E-state index is 0.234. The molecule has 138 valence electrons. The zero-order valence-electron chi connectivity index (χ0n) is 15.4. The molecule has 2 heterocycles. The molecule has 4 rings (SSSR count). The van der Waals surface area contributed by atoms with Gasteiger partial charge in [0.1, 0.15) is 0 Å². The molecule has 0 spiro atoms. The Labute approximate surface area is 164 Å². The van der Waals surface area contributed by atoms with Crippen molar-refractivity contribution < 1.29 is 4.79 Å². The molecule has 0 N–H and O–H groups in total. The van der Waals surface area contributed by atoms with Crippen LogP contribution < -0.4 is 0 Å². The Morgan fingerprint density at radius 1 is 0.815 bits per heavy atom. The Balaban J connectivity index is 1.29. The first kappa shape index (κ1) is 18.0. The predicted molar refractivity (Wildman–Crippen MR) is 112 cm³/mol. The number of hydrogen-bond acceptors (Lipinski definition) is 3. The lowest BCUT2D eigenvalue weighted by molar-refractivity contribution is -0.132. The van der Waals surface area contributed by atoms with Crippen molar-refractivity contribution in [3.8, 4) is 11.1 Å². The molecule has 0 aliphatic carbocycles. The van der Waals surface area contributed by atoms with Crippen LogP contribution in [0.15, 0.2) is 71.4 Å². The fraction of sp³-hybridized carbons (Fsp3) is 0.261. The van der Waals surface area contributed by atoms with Gasteiger partial charge in [-0.15, -0.1) is 0 Å². The van der Waals surface area contributed by atoms with E-state index in [-0.39, 0.29) is 5.91 Å². The number of amides is 1. The average Bonchev–Trinajstić information content (AvgIpc) is 3.23. The molecular weight excluding hydrogens is 352 g/mol. The summed E-state index contributed by atoms with van der Waals surface area (Å²) < 4.78 is 0. The number of piperazine rings is 1. The van der Waals surface area contributed by atoms with Crippen LogP contribution in [-0.2, 0) is 17.8 Å². The Hall–Kier alpha value is -2.43. The first-order valence-electron chi connectivity index (χ1n) is 9.43. The van der Waals surface area contributed by atoms with E-state index >= 15 is 0 Å². The van der Waals surface area contributed by atoms with Gasteiger partial charge in [-0.1, -0.05) is 54.6 Å². The van der Waals surface area contributed by atoms with Crippen LogP contribution in [0.1, 0.15) is 11.1 Å². The Morgan fingerprint density at radius 2 is 1.52 bits per heavy atom. The Morgan fingerprint density at radius 3 is 2.19 bits per heavy atom. The highest BCUT2D eigenvalue weighted by Crippen LogP contribution is 2.20. The van der Waals surface area contributed by atoms with Gasteiger partial charge in [-0.3, -0.25) is 9.69 Å². The normalized spacial score (nSPS) is 15.0. The molecule has 1 saturated heterocycles. The summed E-state index contributed by atoms with van der Waals surface area (Å²) in [7, 11) is 0. The molecule has 4 heteroatoms. The third-order valence-corrected chi connectivity index (χ3v) is 5.86.